The lowest BCUT2D eigenvalue weighted by Gasteiger charge is -2.35. The van der Waals surface area contributed by atoms with E-state index in [-0.39, 0.29) is 0 Å². The largest absolute Gasteiger partial charge is 0.416 e. The van der Waals surface area contributed by atoms with Crippen LogP contribution in [0.15, 0.2) is 55.4 Å². The van der Waals surface area contributed by atoms with Crippen LogP contribution in [0.1, 0.15) is 75.3 Å². The second-order valence-electron chi connectivity index (χ2n) is 10.3. The summed E-state index contributed by atoms with van der Waals surface area (Å²) in [5.41, 5.74) is 4.18. The van der Waals surface area contributed by atoms with Crippen LogP contribution in [0.25, 0.3) is 5.70 Å². The Bertz CT molecular complexity index is 1260. The lowest BCUT2D eigenvalue weighted by atomic mass is 9.91. The third-order valence-corrected chi connectivity index (χ3v) is 7.81. The van der Waals surface area contributed by atoms with Crippen molar-refractivity contribution in [2.45, 2.75) is 71.9 Å². The minimum absolute atomic E-state index is 0.392. The van der Waals surface area contributed by atoms with Crippen LogP contribution in [0.5, 0.6) is 0 Å². The molecule has 3 heterocycles. The van der Waals surface area contributed by atoms with Crippen LogP contribution in [0.2, 0.25) is 0 Å². The van der Waals surface area contributed by atoms with Gasteiger partial charge in [-0.1, -0.05) is 58.6 Å². The first-order chi connectivity index (χ1) is 20.2. The van der Waals surface area contributed by atoms with Gasteiger partial charge in [-0.15, -0.1) is 0 Å². The number of benzene rings is 1. The maximum Gasteiger partial charge on any atom is 0.416 e. The molecule has 3 aromatic rings. The molecule has 0 radical (unpaired) electrons. The number of hydrogen-bond acceptors (Lipinski definition) is 7. The van der Waals surface area contributed by atoms with E-state index in [1.807, 2.05) is 26.3 Å². The van der Waals surface area contributed by atoms with Crippen LogP contribution in [0, 0.1) is 5.92 Å². The van der Waals surface area contributed by atoms with Crippen LogP contribution >= 0.6 is 11.9 Å². The lowest BCUT2D eigenvalue weighted by molar-refractivity contribution is -0.137. The summed E-state index contributed by atoms with van der Waals surface area (Å²) < 4.78 is 40.6. The number of piperidine rings is 1. The zero-order valence-electron chi connectivity index (χ0n) is 25.1. The molecule has 4 rings (SSSR count). The third kappa shape index (κ3) is 9.93. The number of hydrogen-bond donors (Lipinski definition) is 2. The SMILES string of the molecule is C=C(c1ccnc(NSC)c1)N1CCC(CCCC)CC1.CCc1cnc(Nc2ccc(C(F)(F)F)cc2)nc1CC. The standard InChI is InChI=1S/C17H27N3S.C15H16F3N3/c1-4-5-6-15-8-11-20(12-9-15)14(2)16-7-10-18-17(13-16)19-21-3;1-3-10-9-19-14(21-13(10)4-2)20-12-7-5-11(6-8-12)15(16,17)18/h7,10,13,15H,2,4-6,8-9,11-12H2,1,3H3,(H,18,19);5-9H,3-4H2,1-2H3,(H,19,20,21). The van der Waals surface area contributed by atoms with E-state index in [9.17, 15) is 13.2 Å². The van der Waals surface area contributed by atoms with Gasteiger partial charge in [0.05, 0.1) is 5.56 Å². The van der Waals surface area contributed by atoms with E-state index in [0.717, 1.165) is 66.8 Å². The third-order valence-electron chi connectivity index (χ3n) is 7.40. The average molecular weight is 601 g/mol. The summed E-state index contributed by atoms with van der Waals surface area (Å²) >= 11 is 1.56. The lowest BCUT2D eigenvalue weighted by Crippen LogP contribution is -2.32. The fourth-order valence-electron chi connectivity index (χ4n) is 4.91. The van der Waals surface area contributed by atoms with Crippen LogP contribution < -0.4 is 10.0 Å². The average Bonchev–Trinajstić information content (AvgIpc) is 3.00. The van der Waals surface area contributed by atoms with Gasteiger partial charge in [0, 0.05) is 54.4 Å². The predicted molar refractivity (Wildman–Crippen MR) is 170 cm³/mol. The van der Waals surface area contributed by atoms with Crippen molar-refractivity contribution < 1.29 is 13.2 Å². The molecule has 0 amide bonds. The van der Waals surface area contributed by atoms with E-state index in [2.05, 4.69) is 55.5 Å². The van der Waals surface area contributed by atoms with Crippen molar-refractivity contribution in [3.8, 4) is 0 Å². The normalized spacial score (nSPS) is 13.7. The van der Waals surface area contributed by atoms with Gasteiger partial charge < -0.3 is 14.9 Å². The quantitative estimate of drug-likeness (QED) is 0.213. The van der Waals surface area contributed by atoms with Gasteiger partial charge in [-0.3, -0.25) is 0 Å². The Morgan fingerprint density at radius 2 is 1.76 bits per heavy atom. The molecule has 0 saturated carbocycles. The molecule has 2 aromatic heterocycles. The predicted octanol–water partition coefficient (Wildman–Crippen LogP) is 9.01. The number of halogens is 3. The molecule has 1 aliphatic heterocycles. The summed E-state index contributed by atoms with van der Waals surface area (Å²) in [5.74, 6) is 2.21. The molecule has 0 bridgehead atoms. The van der Waals surface area contributed by atoms with E-state index < -0.39 is 11.7 Å². The number of rotatable bonds is 11. The second kappa shape index (κ2) is 16.4. The van der Waals surface area contributed by atoms with Gasteiger partial charge in [-0.25, -0.2) is 15.0 Å². The Morgan fingerprint density at radius 1 is 1.05 bits per heavy atom. The van der Waals surface area contributed by atoms with Crippen molar-refractivity contribution in [1.82, 2.24) is 19.9 Å². The van der Waals surface area contributed by atoms with Gasteiger partial charge in [0.2, 0.25) is 5.95 Å². The maximum absolute atomic E-state index is 12.5. The van der Waals surface area contributed by atoms with Gasteiger partial charge in [-0.2, -0.15) is 13.2 Å². The number of likely N-dealkylation sites (tertiary alicyclic amines) is 1. The number of nitrogens with zero attached hydrogens (tertiary/aromatic N) is 4. The smallest absolute Gasteiger partial charge is 0.372 e. The first-order valence-corrected chi connectivity index (χ1v) is 15.9. The number of aromatic nitrogens is 3. The molecular weight excluding hydrogens is 557 g/mol. The van der Waals surface area contributed by atoms with Gasteiger partial charge >= 0.3 is 6.18 Å². The Morgan fingerprint density at radius 3 is 2.36 bits per heavy atom. The highest BCUT2D eigenvalue weighted by Gasteiger charge is 2.30. The van der Waals surface area contributed by atoms with Gasteiger partial charge in [-0.05, 0) is 73.6 Å². The second-order valence-corrected chi connectivity index (χ2v) is 10.9. The number of anilines is 3. The zero-order valence-corrected chi connectivity index (χ0v) is 25.9. The minimum atomic E-state index is -4.33. The summed E-state index contributed by atoms with van der Waals surface area (Å²) in [6.45, 7) is 12.9. The summed E-state index contributed by atoms with van der Waals surface area (Å²) in [6, 6.07) is 8.93. The molecule has 1 fully saturated rings. The molecule has 1 saturated heterocycles. The molecule has 6 nitrogen and oxygen atoms in total. The zero-order chi connectivity index (χ0) is 30.5. The molecule has 0 atom stereocenters. The van der Waals surface area contributed by atoms with Crippen molar-refractivity contribution in [2.24, 2.45) is 5.92 Å². The Hall–Kier alpha value is -3.27. The van der Waals surface area contributed by atoms with E-state index in [1.165, 1.54) is 49.8 Å². The molecule has 0 spiro atoms. The van der Waals surface area contributed by atoms with Crippen LogP contribution in [-0.2, 0) is 19.0 Å². The van der Waals surface area contributed by atoms with E-state index in [1.54, 1.807) is 18.1 Å². The van der Waals surface area contributed by atoms with Crippen LogP contribution in [0.4, 0.5) is 30.6 Å². The highest BCUT2D eigenvalue weighted by Crippen LogP contribution is 2.30. The van der Waals surface area contributed by atoms with Gasteiger partial charge in [0.1, 0.15) is 5.82 Å². The summed E-state index contributed by atoms with van der Waals surface area (Å²) in [4.78, 5) is 15.3. The summed E-state index contributed by atoms with van der Waals surface area (Å²) in [7, 11) is 0. The van der Waals surface area contributed by atoms with Crippen molar-refractivity contribution in [2.75, 3.05) is 29.4 Å². The highest BCUT2D eigenvalue weighted by molar-refractivity contribution is 7.99. The minimum Gasteiger partial charge on any atom is -0.372 e. The first-order valence-electron chi connectivity index (χ1n) is 14.7. The molecular formula is C32H43F3N6S. The number of pyridine rings is 1. The summed E-state index contributed by atoms with van der Waals surface area (Å²) in [5, 5.41) is 2.92. The van der Waals surface area contributed by atoms with Crippen LogP contribution in [-0.4, -0.2) is 39.2 Å². The van der Waals surface area contributed by atoms with Crippen LogP contribution in [0.3, 0.4) is 0 Å². The monoisotopic (exact) mass is 600 g/mol. The summed E-state index contributed by atoms with van der Waals surface area (Å²) in [6.07, 6.45) is 9.61. The first kappa shape index (κ1) is 33.2. The molecule has 228 valence electrons. The number of nitrogens with one attached hydrogen (secondary N) is 2. The number of aryl methyl sites for hydroxylation is 2. The molecule has 1 aromatic carbocycles. The molecule has 2 N–H and O–H groups in total. The molecule has 0 unspecified atom stereocenters. The van der Waals surface area contributed by atoms with Crippen molar-refractivity contribution in [1.29, 1.82) is 0 Å². The molecule has 1 aliphatic rings. The van der Waals surface area contributed by atoms with Crippen molar-refractivity contribution >= 4 is 35.1 Å². The van der Waals surface area contributed by atoms with Crippen molar-refractivity contribution in [3.05, 3.63) is 77.8 Å². The van der Waals surface area contributed by atoms with E-state index in [4.69, 9.17) is 0 Å². The van der Waals surface area contributed by atoms with E-state index >= 15 is 0 Å². The highest BCUT2D eigenvalue weighted by atomic mass is 32.2. The van der Waals surface area contributed by atoms with Gasteiger partial charge in [0.15, 0.2) is 0 Å². The molecule has 10 heteroatoms. The fraction of sp³-hybridized carbons (Fsp3) is 0.469. The number of alkyl halides is 3. The van der Waals surface area contributed by atoms with Gasteiger partial charge in [0.25, 0.3) is 0 Å². The molecule has 42 heavy (non-hydrogen) atoms. The van der Waals surface area contributed by atoms with Crippen molar-refractivity contribution in [3.63, 3.8) is 0 Å². The van der Waals surface area contributed by atoms with E-state index in [0.29, 0.717) is 11.6 Å². The Balaban J connectivity index is 0.000000230. The fourth-order valence-corrected chi connectivity index (χ4v) is 5.23. The topological polar surface area (TPSA) is 66.0 Å². The molecule has 0 aliphatic carbocycles. The number of unbranched alkanes of at least 4 members (excludes halogenated alkanes) is 1. The maximum atomic E-state index is 12.5. The Kier molecular flexibility index (Phi) is 13.0. The Labute approximate surface area is 252 Å².